The predicted molar refractivity (Wildman–Crippen MR) is 87.8 cm³/mol. The molecule has 1 aliphatic heterocycles. The smallest absolute Gasteiger partial charge is 0.329 e. The molecule has 0 amide bonds. The van der Waals surface area contributed by atoms with Crippen LogP contribution in [0.3, 0.4) is 0 Å². The molecule has 0 unspecified atom stereocenters. The number of nitrogens with zero attached hydrogens (tertiary/aromatic N) is 3. The van der Waals surface area contributed by atoms with Gasteiger partial charge in [-0.3, -0.25) is 9.58 Å². The minimum atomic E-state index is -0.902. The lowest BCUT2D eigenvalue weighted by Gasteiger charge is -2.43. The zero-order chi connectivity index (χ0) is 17.0. The molecule has 7 nitrogen and oxygen atoms in total. The van der Waals surface area contributed by atoms with Gasteiger partial charge >= 0.3 is 5.97 Å². The molecule has 3 rings (SSSR count). The molecular weight excluding hydrogens is 310 g/mol. The van der Waals surface area contributed by atoms with E-state index in [0.717, 1.165) is 51.7 Å². The van der Waals surface area contributed by atoms with Gasteiger partial charge in [-0.15, -0.1) is 0 Å². The number of carboxylic acid groups (broad SMARTS) is 1. The summed E-state index contributed by atoms with van der Waals surface area (Å²) in [6.45, 7) is 2.73. The van der Waals surface area contributed by atoms with Crippen LogP contribution in [0.4, 0.5) is 0 Å². The Morgan fingerprint density at radius 1 is 1.42 bits per heavy atom. The van der Waals surface area contributed by atoms with E-state index in [2.05, 4.69) is 10.00 Å². The van der Waals surface area contributed by atoms with Crippen LogP contribution in [0, 0.1) is 0 Å². The molecule has 134 valence electrons. The first kappa shape index (κ1) is 17.4. The summed E-state index contributed by atoms with van der Waals surface area (Å²) in [5.41, 5.74) is -0.0885. The highest BCUT2D eigenvalue weighted by Crippen LogP contribution is 2.43. The van der Waals surface area contributed by atoms with E-state index in [1.54, 1.807) is 13.3 Å². The van der Waals surface area contributed by atoms with Gasteiger partial charge in [0.2, 0.25) is 0 Å². The fourth-order valence-corrected chi connectivity index (χ4v) is 4.23. The third-order valence-electron chi connectivity index (χ3n) is 5.49. The van der Waals surface area contributed by atoms with Gasteiger partial charge in [-0.1, -0.05) is 0 Å². The largest absolute Gasteiger partial charge is 0.480 e. The highest BCUT2D eigenvalue weighted by Gasteiger charge is 2.50. The quantitative estimate of drug-likeness (QED) is 0.772. The number of aliphatic carboxylic acids is 1. The van der Waals surface area contributed by atoms with Crippen LogP contribution in [-0.2, 0) is 20.8 Å². The number of ether oxygens (including phenoxy) is 2. The number of aryl methyl sites for hydroxylation is 1. The van der Waals surface area contributed by atoms with Crippen LogP contribution < -0.4 is 0 Å². The first-order valence-corrected chi connectivity index (χ1v) is 8.73. The molecule has 0 spiro atoms. The standard InChI is InChI=1S/C17H27N3O4/c1-23-17-5-4-14(24-13-16(21)22)12-15(17)19(11-6-17)8-3-10-20-9-2-7-18-20/h2,7,9,14-15H,3-6,8,10-13H2,1H3,(H,21,22)/t14-,15-,17+/m1/s1. The van der Waals surface area contributed by atoms with Crippen molar-refractivity contribution >= 4 is 5.97 Å². The minimum Gasteiger partial charge on any atom is -0.480 e. The zero-order valence-corrected chi connectivity index (χ0v) is 14.3. The third kappa shape index (κ3) is 3.79. The van der Waals surface area contributed by atoms with Crippen molar-refractivity contribution in [3.63, 3.8) is 0 Å². The van der Waals surface area contributed by atoms with Crippen molar-refractivity contribution in [2.45, 2.75) is 56.4 Å². The number of hydrogen-bond donors (Lipinski definition) is 1. The van der Waals surface area contributed by atoms with Gasteiger partial charge in [-0.25, -0.2) is 4.79 Å². The molecule has 3 atom stereocenters. The summed E-state index contributed by atoms with van der Waals surface area (Å²) in [6, 6.07) is 2.25. The fraction of sp³-hybridized carbons (Fsp3) is 0.765. The number of methoxy groups -OCH3 is 1. The lowest BCUT2D eigenvalue weighted by molar-refractivity contribution is -0.148. The average molecular weight is 337 g/mol. The number of fused-ring (bicyclic) bond motifs is 1. The summed E-state index contributed by atoms with van der Waals surface area (Å²) in [6.07, 6.45) is 8.55. The summed E-state index contributed by atoms with van der Waals surface area (Å²) in [5.74, 6) is -0.902. The maximum Gasteiger partial charge on any atom is 0.329 e. The van der Waals surface area contributed by atoms with E-state index in [1.807, 2.05) is 16.9 Å². The van der Waals surface area contributed by atoms with Crippen molar-refractivity contribution in [2.24, 2.45) is 0 Å². The van der Waals surface area contributed by atoms with E-state index >= 15 is 0 Å². The number of rotatable bonds is 8. The Hall–Kier alpha value is -1.44. The maximum absolute atomic E-state index is 10.7. The summed E-state index contributed by atoms with van der Waals surface area (Å²) >= 11 is 0. The summed E-state index contributed by atoms with van der Waals surface area (Å²) in [7, 11) is 1.80. The van der Waals surface area contributed by atoms with E-state index in [4.69, 9.17) is 14.6 Å². The van der Waals surface area contributed by atoms with Gasteiger partial charge in [-0.05, 0) is 38.2 Å². The number of carboxylic acids is 1. The van der Waals surface area contributed by atoms with Crippen LogP contribution >= 0.6 is 0 Å². The van der Waals surface area contributed by atoms with Gasteiger partial charge in [0.05, 0.1) is 11.7 Å². The third-order valence-corrected chi connectivity index (χ3v) is 5.49. The van der Waals surface area contributed by atoms with Crippen molar-refractivity contribution in [1.82, 2.24) is 14.7 Å². The highest BCUT2D eigenvalue weighted by atomic mass is 16.5. The van der Waals surface area contributed by atoms with E-state index in [1.165, 1.54) is 0 Å². The van der Waals surface area contributed by atoms with Crippen molar-refractivity contribution in [3.05, 3.63) is 18.5 Å². The normalized spacial score (nSPS) is 30.4. The monoisotopic (exact) mass is 337 g/mol. The molecule has 0 radical (unpaired) electrons. The van der Waals surface area contributed by atoms with Crippen LogP contribution in [0.25, 0.3) is 0 Å². The molecule has 1 aromatic heterocycles. The van der Waals surface area contributed by atoms with Crippen molar-refractivity contribution in [3.8, 4) is 0 Å². The van der Waals surface area contributed by atoms with Gasteiger partial charge in [0.1, 0.15) is 6.61 Å². The molecule has 0 aromatic carbocycles. The second-order valence-corrected chi connectivity index (χ2v) is 6.79. The second-order valence-electron chi connectivity index (χ2n) is 6.79. The molecule has 1 N–H and O–H groups in total. The minimum absolute atomic E-state index is 0.0149. The van der Waals surface area contributed by atoms with Gasteiger partial charge in [-0.2, -0.15) is 5.10 Å². The molecule has 7 heteroatoms. The molecular formula is C17H27N3O4. The van der Waals surface area contributed by atoms with Gasteiger partial charge in [0.25, 0.3) is 0 Å². The molecule has 1 aromatic rings. The van der Waals surface area contributed by atoms with E-state index in [9.17, 15) is 4.79 Å². The summed E-state index contributed by atoms with van der Waals surface area (Å²) < 4.78 is 13.4. The number of likely N-dealkylation sites (tertiary alicyclic amines) is 1. The zero-order valence-electron chi connectivity index (χ0n) is 14.3. The molecule has 0 bridgehead atoms. The predicted octanol–water partition coefficient (Wildman–Crippen LogP) is 1.39. The van der Waals surface area contributed by atoms with Crippen LogP contribution in [0.1, 0.15) is 32.1 Å². The van der Waals surface area contributed by atoms with E-state index in [0.29, 0.717) is 6.04 Å². The van der Waals surface area contributed by atoms with Crippen LogP contribution in [0.2, 0.25) is 0 Å². The molecule has 2 fully saturated rings. The maximum atomic E-state index is 10.7. The topological polar surface area (TPSA) is 76.8 Å². The van der Waals surface area contributed by atoms with Crippen molar-refractivity contribution < 1.29 is 19.4 Å². The molecule has 2 aliphatic rings. The van der Waals surface area contributed by atoms with Gasteiger partial charge < -0.3 is 14.6 Å². The number of carbonyl (C=O) groups is 1. The molecule has 1 saturated heterocycles. The first-order chi connectivity index (χ1) is 11.6. The number of hydrogen-bond acceptors (Lipinski definition) is 5. The van der Waals surface area contributed by atoms with Crippen LogP contribution in [-0.4, -0.2) is 70.3 Å². The van der Waals surface area contributed by atoms with Crippen LogP contribution in [0.5, 0.6) is 0 Å². The SMILES string of the molecule is CO[C@]12CC[C@@H](OCC(=O)O)C[C@H]1N(CCCn1cccn1)CC2. The average Bonchev–Trinajstić information content (AvgIpc) is 3.21. The molecule has 1 saturated carbocycles. The van der Waals surface area contributed by atoms with E-state index < -0.39 is 5.97 Å². The van der Waals surface area contributed by atoms with Crippen LogP contribution in [0.15, 0.2) is 18.5 Å². The van der Waals surface area contributed by atoms with E-state index in [-0.39, 0.29) is 18.3 Å². The number of aromatic nitrogens is 2. The van der Waals surface area contributed by atoms with Crippen molar-refractivity contribution in [1.29, 1.82) is 0 Å². The first-order valence-electron chi connectivity index (χ1n) is 8.73. The highest BCUT2D eigenvalue weighted by molar-refractivity contribution is 5.68. The Morgan fingerprint density at radius 2 is 2.29 bits per heavy atom. The lowest BCUT2D eigenvalue weighted by atomic mass is 9.79. The lowest BCUT2D eigenvalue weighted by Crippen LogP contribution is -2.52. The molecule has 1 aliphatic carbocycles. The Morgan fingerprint density at radius 3 is 3.00 bits per heavy atom. The Labute approximate surface area is 142 Å². The Balaban J connectivity index is 1.55. The van der Waals surface area contributed by atoms with Crippen molar-refractivity contribution in [2.75, 3.05) is 26.8 Å². The Kier molecular flexibility index (Phi) is 5.53. The molecule has 24 heavy (non-hydrogen) atoms. The van der Waals surface area contributed by atoms with Gasteiger partial charge in [0.15, 0.2) is 0 Å². The molecule has 2 heterocycles. The summed E-state index contributed by atoms with van der Waals surface area (Å²) in [4.78, 5) is 13.2. The Bertz CT molecular complexity index is 536. The fourth-order valence-electron chi connectivity index (χ4n) is 4.23. The summed E-state index contributed by atoms with van der Waals surface area (Å²) in [5, 5.41) is 13.1. The van der Waals surface area contributed by atoms with Gasteiger partial charge in [0, 0.05) is 45.2 Å². The second kappa shape index (κ2) is 7.63.